The monoisotopic (exact) mass is 448 g/mol. The molecule has 8 atom stereocenters. The Bertz CT molecular complexity index is 830. The lowest BCUT2D eigenvalue weighted by Crippen LogP contribution is -2.58. The highest BCUT2D eigenvalue weighted by atomic mass is 16.7. The first-order chi connectivity index (χ1) is 15.0. The molecule has 1 aliphatic carbocycles. The second-order valence-electron chi connectivity index (χ2n) is 10.1. The fraction of sp³-hybridized carbons (Fsp3) is 0.692. The van der Waals surface area contributed by atoms with E-state index in [1.807, 2.05) is 6.92 Å². The van der Waals surface area contributed by atoms with Gasteiger partial charge in [0.15, 0.2) is 11.5 Å². The van der Waals surface area contributed by atoms with E-state index >= 15 is 0 Å². The fourth-order valence-electron chi connectivity index (χ4n) is 5.18. The molecule has 1 aromatic rings. The molecule has 0 saturated carbocycles. The van der Waals surface area contributed by atoms with Crippen LogP contribution in [0, 0.1) is 12.8 Å². The summed E-state index contributed by atoms with van der Waals surface area (Å²) in [4.78, 5) is 0. The summed E-state index contributed by atoms with van der Waals surface area (Å²) in [5, 5.41) is 41.6. The summed E-state index contributed by atoms with van der Waals surface area (Å²) in [6.07, 6.45) is 0.640. The van der Waals surface area contributed by atoms with Gasteiger partial charge in [-0.1, -0.05) is 31.6 Å². The summed E-state index contributed by atoms with van der Waals surface area (Å²) in [5.41, 5.74) is 4.20. The normalized spacial score (nSPS) is 33.3. The number of phenolic OH excluding ortho intramolecular Hbond substituents is 1. The highest BCUT2D eigenvalue weighted by Gasteiger charge is 2.44. The Morgan fingerprint density at radius 1 is 1.16 bits per heavy atom. The minimum atomic E-state index is -1.42. The minimum Gasteiger partial charge on any atom is -0.504 e. The molecule has 6 heteroatoms. The fourth-order valence-corrected chi connectivity index (χ4v) is 5.18. The SMILES string of the molecule is CC(C)=CCCC(C)C1CCC(C)c2c1cc(C)c(OC1OC(C)C(O)C(O)C1O)c2O. The number of aryl methyl sites for hydroxylation is 1. The van der Waals surface area contributed by atoms with Gasteiger partial charge >= 0.3 is 0 Å². The summed E-state index contributed by atoms with van der Waals surface area (Å²) in [7, 11) is 0. The molecule has 2 aliphatic rings. The van der Waals surface area contributed by atoms with E-state index in [-0.39, 0.29) is 17.4 Å². The van der Waals surface area contributed by atoms with Crippen molar-refractivity contribution in [3.05, 3.63) is 34.4 Å². The Morgan fingerprint density at radius 3 is 2.50 bits per heavy atom. The maximum atomic E-state index is 11.3. The number of hydrogen-bond acceptors (Lipinski definition) is 6. The number of phenols is 1. The van der Waals surface area contributed by atoms with Crippen molar-refractivity contribution in [2.75, 3.05) is 0 Å². The standard InChI is InChI=1S/C26H40O6/c1-13(2)8-7-9-14(3)18-11-10-15(4)20-19(18)12-16(5)25(22(20)28)32-26-24(30)23(29)21(27)17(6)31-26/h8,12,14-15,17-18,21,23-24,26-30H,7,9-11H2,1-6H3. The van der Waals surface area contributed by atoms with Crippen LogP contribution in [0.1, 0.15) is 88.8 Å². The lowest BCUT2D eigenvalue weighted by molar-refractivity contribution is -0.268. The average molecular weight is 449 g/mol. The Kier molecular flexibility index (Phi) is 7.92. The molecule has 1 fully saturated rings. The van der Waals surface area contributed by atoms with Gasteiger partial charge in [0.2, 0.25) is 6.29 Å². The highest BCUT2D eigenvalue weighted by Crippen LogP contribution is 2.51. The van der Waals surface area contributed by atoms with Crippen molar-refractivity contribution in [3.63, 3.8) is 0 Å². The predicted molar refractivity (Wildman–Crippen MR) is 124 cm³/mol. The van der Waals surface area contributed by atoms with Crippen LogP contribution in [0.2, 0.25) is 0 Å². The third-order valence-corrected chi connectivity index (χ3v) is 7.22. The van der Waals surface area contributed by atoms with Gasteiger partial charge in [0.1, 0.15) is 18.3 Å². The van der Waals surface area contributed by atoms with Gasteiger partial charge in [-0.05, 0) is 82.3 Å². The summed E-state index contributed by atoms with van der Waals surface area (Å²) >= 11 is 0. The zero-order valence-electron chi connectivity index (χ0n) is 20.2. The van der Waals surface area contributed by atoms with Crippen molar-refractivity contribution in [3.8, 4) is 11.5 Å². The zero-order chi connectivity index (χ0) is 23.7. The first-order valence-corrected chi connectivity index (χ1v) is 11.9. The van der Waals surface area contributed by atoms with Crippen LogP contribution in [0.25, 0.3) is 0 Å². The molecule has 1 heterocycles. The van der Waals surface area contributed by atoms with Crippen molar-refractivity contribution < 1.29 is 29.9 Å². The van der Waals surface area contributed by atoms with E-state index in [1.54, 1.807) is 6.92 Å². The van der Waals surface area contributed by atoms with Crippen molar-refractivity contribution >= 4 is 0 Å². The number of rotatable bonds is 6. The number of aromatic hydroxyl groups is 1. The van der Waals surface area contributed by atoms with E-state index in [0.717, 1.165) is 36.8 Å². The average Bonchev–Trinajstić information content (AvgIpc) is 2.72. The largest absolute Gasteiger partial charge is 0.504 e. The second-order valence-corrected chi connectivity index (χ2v) is 10.1. The van der Waals surface area contributed by atoms with Crippen LogP contribution in [-0.4, -0.2) is 51.1 Å². The topological polar surface area (TPSA) is 99.4 Å². The lowest BCUT2D eigenvalue weighted by atomic mass is 9.70. The van der Waals surface area contributed by atoms with Crippen molar-refractivity contribution in [1.82, 2.24) is 0 Å². The number of aliphatic hydroxyl groups excluding tert-OH is 3. The van der Waals surface area contributed by atoms with E-state index in [9.17, 15) is 20.4 Å². The van der Waals surface area contributed by atoms with E-state index in [1.165, 1.54) is 11.1 Å². The van der Waals surface area contributed by atoms with Crippen molar-refractivity contribution in [2.24, 2.45) is 5.92 Å². The molecular weight excluding hydrogens is 408 g/mol. The lowest BCUT2D eigenvalue weighted by Gasteiger charge is -2.40. The van der Waals surface area contributed by atoms with E-state index in [0.29, 0.717) is 11.8 Å². The Morgan fingerprint density at radius 2 is 1.84 bits per heavy atom. The number of allylic oxidation sites excluding steroid dienone is 2. The quantitative estimate of drug-likeness (QED) is 0.485. The smallest absolute Gasteiger partial charge is 0.229 e. The molecule has 32 heavy (non-hydrogen) atoms. The van der Waals surface area contributed by atoms with Gasteiger partial charge < -0.3 is 29.9 Å². The molecule has 0 amide bonds. The minimum absolute atomic E-state index is 0.0952. The van der Waals surface area contributed by atoms with Crippen molar-refractivity contribution in [2.45, 2.75) is 110 Å². The van der Waals surface area contributed by atoms with Gasteiger partial charge in [-0.2, -0.15) is 0 Å². The molecule has 0 spiro atoms. The van der Waals surface area contributed by atoms with Gasteiger partial charge in [-0.15, -0.1) is 0 Å². The molecule has 1 saturated heterocycles. The molecule has 0 bridgehead atoms. The highest BCUT2D eigenvalue weighted by molar-refractivity contribution is 5.57. The molecule has 8 unspecified atom stereocenters. The maximum absolute atomic E-state index is 11.3. The van der Waals surface area contributed by atoms with Gasteiger partial charge in [0.05, 0.1) is 6.10 Å². The van der Waals surface area contributed by atoms with E-state index in [4.69, 9.17) is 9.47 Å². The molecule has 6 nitrogen and oxygen atoms in total. The molecule has 3 rings (SSSR count). The van der Waals surface area contributed by atoms with Gasteiger partial charge in [-0.3, -0.25) is 0 Å². The summed E-state index contributed by atoms with van der Waals surface area (Å²) in [6, 6.07) is 2.10. The van der Waals surface area contributed by atoms with Crippen LogP contribution in [0.15, 0.2) is 17.7 Å². The van der Waals surface area contributed by atoms with Crippen LogP contribution in [0.5, 0.6) is 11.5 Å². The molecule has 0 radical (unpaired) electrons. The van der Waals surface area contributed by atoms with Crippen LogP contribution < -0.4 is 4.74 Å². The zero-order valence-corrected chi connectivity index (χ0v) is 20.2. The number of ether oxygens (including phenoxy) is 2. The third-order valence-electron chi connectivity index (χ3n) is 7.22. The Labute approximate surface area is 191 Å². The molecule has 1 aliphatic heterocycles. The number of benzene rings is 1. The van der Waals surface area contributed by atoms with E-state index in [2.05, 4.69) is 39.8 Å². The van der Waals surface area contributed by atoms with Crippen molar-refractivity contribution in [1.29, 1.82) is 0 Å². The Balaban J connectivity index is 1.89. The summed E-state index contributed by atoms with van der Waals surface area (Å²) in [6.45, 7) is 12.1. The summed E-state index contributed by atoms with van der Waals surface area (Å²) < 4.78 is 11.5. The predicted octanol–water partition coefficient (Wildman–Crippen LogP) is 4.27. The van der Waals surface area contributed by atoms with Gasteiger partial charge in [-0.25, -0.2) is 0 Å². The third kappa shape index (κ3) is 4.98. The van der Waals surface area contributed by atoms with Crippen LogP contribution in [0.3, 0.4) is 0 Å². The molecular formula is C26H40O6. The van der Waals surface area contributed by atoms with Crippen LogP contribution >= 0.6 is 0 Å². The van der Waals surface area contributed by atoms with Gasteiger partial charge in [0.25, 0.3) is 0 Å². The number of aliphatic hydroxyl groups is 3. The molecule has 180 valence electrons. The summed E-state index contributed by atoms with van der Waals surface area (Å²) in [5.74, 6) is 1.42. The first kappa shape index (κ1) is 25.0. The molecule has 4 N–H and O–H groups in total. The first-order valence-electron chi connectivity index (χ1n) is 11.9. The van der Waals surface area contributed by atoms with Gasteiger partial charge in [0, 0.05) is 5.56 Å². The van der Waals surface area contributed by atoms with E-state index < -0.39 is 30.7 Å². The van der Waals surface area contributed by atoms with Crippen LogP contribution in [-0.2, 0) is 4.74 Å². The number of hydrogen-bond donors (Lipinski definition) is 4. The van der Waals surface area contributed by atoms with Crippen LogP contribution in [0.4, 0.5) is 0 Å². The molecule has 1 aromatic carbocycles. The maximum Gasteiger partial charge on any atom is 0.229 e. The number of fused-ring (bicyclic) bond motifs is 1. The molecule has 0 aromatic heterocycles. The second kappa shape index (κ2) is 10.1. The Hall–Kier alpha value is -1.60.